The van der Waals surface area contributed by atoms with Gasteiger partial charge in [0.05, 0.1) is 6.54 Å². The van der Waals surface area contributed by atoms with E-state index in [2.05, 4.69) is 21.3 Å². The van der Waals surface area contributed by atoms with Gasteiger partial charge in [0, 0.05) is 24.3 Å². The predicted octanol–water partition coefficient (Wildman–Crippen LogP) is -0.537. The van der Waals surface area contributed by atoms with E-state index in [0.29, 0.717) is 17.8 Å². The summed E-state index contributed by atoms with van der Waals surface area (Å²) in [5, 5.41) is 10.9. The number of hydrogen-bond donors (Lipinski definition) is 4. The summed E-state index contributed by atoms with van der Waals surface area (Å²) in [6.45, 7) is 2.81. The Morgan fingerprint density at radius 1 is 1.29 bits per heavy atom. The van der Waals surface area contributed by atoms with Crippen LogP contribution in [-0.2, 0) is 9.59 Å². The van der Waals surface area contributed by atoms with Crippen LogP contribution >= 0.6 is 0 Å². The lowest BCUT2D eigenvalue weighted by Gasteiger charge is -2.23. The average molecular weight is 290 g/mol. The Kier molecular flexibility index (Phi) is 4.89. The molecule has 1 aliphatic rings. The molecule has 1 saturated heterocycles. The van der Waals surface area contributed by atoms with E-state index in [-0.39, 0.29) is 30.8 Å². The van der Waals surface area contributed by atoms with E-state index in [0.717, 1.165) is 0 Å². The van der Waals surface area contributed by atoms with E-state index in [1.807, 2.05) is 6.92 Å². The second kappa shape index (κ2) is 6.85. The number of hydrogen-bond acceptors (Lipinski definition) is 4. The molecule has 1 aromatic carbocycles. The maximum atomic E-state index is 12.0. The van der Waals surface area contributed by atoms with Crippen LogP contribution in [0.4, 0.5) is 5.69 Å². The van der Waals surface area contributed by atoms with Gasteiger partial charge in [-0.2, -0.15) is 0 Å². The third-order valence-electron chi connectivity index (χ3n) is 3.08. The molecule has 112 valence electrons. The van der Waals surface area contributed by atoms with Crippen molar-refractivity contribution < 1.29 is 14.4 Å². The molecule has 3 amide bonds. The van der Waals surface area contributed by atoms with E-state index < -0.39 is 6.04 Å². The molecule has 0 aromatic heterocycles. The second-order valence-corrected chi connectivity index (χ2v) is 4.66. The van der Waals surface area contributed by atoms with Gasteiger partial charge < -0.3 is 16.0 Å². The maximum absolute atomic E-state index is 12.0. The summed E-state index contributed by atoms with van der Waals surface area (Å²) in [7, 11) is 0. The summed E-state index contributed by atoms with van der Waals surface area (Å²) < 4.78 is 0. The quantitative estimate of drug-likeness (QED) is 0.598. The molecule has 0 spiro atoms. The molecule has 2 rings (SSSR count). The van der Waals surface area contributed by atoms with Crippen LogP contribution in [0.3, 0.4) is 0 Å². The van der Waals surface area contributed by atoms with Crippen molar-refractivity contribution in [2.75, 3.05) is 25.0 Å². The van der Waals surface area contributed by atoms with Crippen molar-refractivity contribution in [1.82, 2.24) is 16.0 Å². The number of benzene rings is 1. The first-order chi connectivity index (χ1) is 10.1. The van der Waals surface area contributed by atoms with Crippen molar-refractivity contribution >= 4 is 23.4 Å². The highest BCUT2D eigenvalue weighted by Crippen LogP contribution is 2.10. The molecule has 7 nitrogen and oxygen atoms in total. The van der Waals surface area contributed by atoms with Gasteiger partial charge in [0.1, 0.15) is 6.04 Å². The van der Waals surface area contributed by atoms with Crippen LogP contribution in [0.5, 0.6) is 0 Å². The lowest BCUT2D eigenvalue weighted by molar-refractivity contribution is -0.124. The lowest BCUT2D eigenvalue weighted by Crippen LogP contribution is -2.56. The number of carbonyl (C=O) groups is 3. The number of nitrogens with one attached hydrogen (secondary N) is 4. The Morgan fingerprint density at radius 3 is 2.57 bits per heavy atom. The molecule has 1 heterocycles. The number of amides is 3. The van der Waals surface area contributed by atoms with Gasteiger partial charge in [-0.05, 0) is 31.2 Å². The Hall–Kier alpha value is -2.41. The van der Waals surface area contributed by atoms with E-state index in [4.69, 9.17) is 0 Å². The highest BCUT2D eigenvalue weighted by atomic mass is 16.2. The summed E-state index contributed by atoms with van der Waals surface area (Å²) in [5.74, 6) is -0.488. The van der Waals surface area contributed by atoms with Crippen molar-refractivity contribution in [3.05, 3.63) is 29.8 Å². The molecular weight excluding hydrogens is 272 g/mol. The van der Waals surface area contributed by atoms with Crippen molar-refractivity contribution in [3.8, 4) is 0 Å². The van der Waals surface area contributed by atoms with Crippen LogP contribution < -0.4 is 21.3 Å². The van der Waals surface area contributed by atoms with Gasteiger partial charge in [-0.1, -0.05) is 0 Å². The van der Waals surface area contributed by atoms with Gasteiger partial charge in [-0.25, -0.2) is 0 Å². The third-order valence-corrected chi connectivity index (χ3v) is 3.08. The van der Waals surface area contributed by atoms with Crippen molar-refractivity contribution in [1.29, 1.82) is 0 Å². The highest BCUT2D eigenvalue weighted by Gasteiger charge is 2.23. The van der Waals surface area contributed by atoms with Gasteiger partial charge >= 0.3 is 0 Å². The summed E-state index contributed by atoms with van der Waals surface area (Å²) in [5.41, 5.74) is 1.14. The number of carbonyl (C=O) groups excluding carboxylic acids is 3. The van der Waals surface area contributed by atoms with Crippen molar-refractivity contribution in [2.45, 2.75) is 13.0 Å². The summed E-state index contributed by atoms with van der Waals surface area (Å²) in [6, 6.07) is 6.19. The van der Waals surface area contributed by atoms with Crippen LogP contribution in [0.25, 0.3) is 0 Å². The number of rotatable bonds is 4. The molecule has 0 aliphatic carbocycles. The fourth-order valence-electron chi connectivity index (χ4n) is 1.95. The first-order valence-corrected chi connectivity index (χ1v) is 6.79. The van der Waals surface area contributed by atoms with Crippen LogP contribution in [0.1, 0.15) is 17.3 Å². The van der Waals surface area contributed by atoms with Crippen LogP contribution in [0, 0.1) is 0 Å². The zero-order valence-corrected chi connectivity index (χ0v) is 11.7. The van der Waals surface area contributed by atoms with Gasteiger partial charge in [0.25, 0.3) is 5.91 Å². The van der Waals surface area contributed by atoms with Gasteiger partial charge in [-0.3, -0.25) is 19.7 Å². The van der Waals surface area contributed by atoms with Crippen molar-refractivity contribution in [2.24, 2.45) is 0 Å². The minimum Gasteiger partial charge on any atom is -0.353 e. The molecule has 4 N–H and O–H groups in total. The number of piperazine rings is 1. The Balaban J connectivity index is 1.92. The van der Waals surface area contributed by atoms with Crippen LogP contribution in [0.2, 0.25) is 0 Å². The molecule has 7 heteroatoms. The average Bonchev–Trinajstić information content (AvgIpc) is 2.49. The van der Waals surface area contributed by atoms with Crippen molar-refractivity contribution in [3.63, 3.8) is 0 Å². The van der Waals surface area contributed by atoms with Gasteiger partial charge in [0.2, 0.25) is 11.8 Å². The van der Waals surface area contributed by atoms with Gasteiger partial charge in [-0.15, -0.1) is 0 Å². The second-order valence-electron chi connectivity index (χ2n) is 4.66. The Labute approximate surface area is 122 Å². The molecule has 1 atom stereocenters. The standard InChI is InChI=1S/C14H18N4O3/c1-2-15-13(20)9-3-5-10(6-4-9)18-14(21)11-7-17-12(19)8-16-11/h3-6,11,16H,2,7-8H2,1H3,(H,15,20)(H,17,19)(H,18,21). The number of anilines is 1. The molecule has 0 saturated carbocycles. The molecule has 0 bridgehead atoms. The van der Waals surface area contributed by atoms with Gasteiger partial charge in [0.15, 0.2) is 0 Å². The molecule has 21 heavy (non-hydrogen) atoms. The fraction of sp³-hybridized carbons (Fsp3) is 0.357. The third kappa shape index (κ3) is 4.03. The molecule has 0 radical (unpaired) electrons. The molecule has 1 aliphatic heterocycles. The first-order valence-electron chi connectivity index (χ1n) is 6.79. The zero-order chi connectivity index (χ0) is 15.2. The largest absolute Gasteiger partial charge is 0.353 e. The summed E-state index contributed by atoms with van der Waals surface area (Å²) >= 11 is 0. The molecule has 1 unspecified atom stereocenters. The van der Waals surface area contributed by atoms with Crippen LogP contribution in [0.15, 0.2) is 24.3 Å². The monoisotopic (exact) mass is 290 g/mol. The fourth-order valence-corrected chi connectivity index (χ4v) is 1.95. The summed E-state index contributed by atoms with van der Waals surface area (Å²) in [6.07, 6.45) is 0. The lowest BCUT2D eigenvalue weighted by atomic mass is 10.1. The van der Waals surface area contributed by atoms with E-state index >= 15 is 0 Å². The minimum absolute atomic E-state index is 0.120. The molecular formula is C14H18N4O3. The molecule has 1 aromatic rings. The van der Waals surface area contributed by atoms with E-state index in [1.165, 1.54) is 0 Å². The first kappa shape index (κ1) is 15.0. The smallest absolute Gasteiger partial charge is 0.251 e. The minimum atomic E-state index is -0.453. The summed E-state index contributed by atoms with van der Waals surface area (Å²) in [4.78, 5) is 34.6. The topological polar surface area (TPSA) is 99.3 Å². The highest BCUT2D eigenvalue weighted by molar-refractivity contribution is 5.98. The SMILES string of the molecule is CCNC(=O)c1ccc(NC(=O)C2CNC(=O)CN2)cc1. The maximum Gasteiger partial charge on any atom is 0.251 e. The zero-order valence-electron chi connectivity index (χ0n) is 11.7. The molecule has 1 fully saturated rings. The predicted molar refractivity (Wildman–Crippen MR) is 77.9 cm³/mol. The normalized spacial score (nSPS) is 17.8. The Bertz CT molecular complexity index is 532. The van der Waals surface area contributed by atoms with E-state index in [9.17, 15) is 14.4 Å². The van der Waals surface area contributed by atoms with Crippen LogP contribution in [-0.4, -0.2) is 43.4 Å². The van der Waals surface area contributed by atoms with E-state index in [1.54, 1.807) is 24.3 Å². The Morgan fingerprint density at radius 2 is 2.00 bits per heavy atom.